The van der Waals surface area contributed by atoms with Crippen LogP contribution in [0.3, 0.4) is 0 Å². The Morgan fingerprint density at radius 3 is 2.45 bits per heavy atom. The van der Waals surface area contributed by atoms with Crippen molar-refractivity contribution in [3.05, 3.63) is 58.7 Å². The maximum absolute atomic E-state index is 11.0. The van der Waals surface area contributed by atoms with E-state index >= 15 is 0 Å². The molecule has 0 heterocycles. The molecule has 0 aliphatic heterocycles. The van der Waals surface area contributed by atoms with Crippen molar-refractivity contribution in [2.45, 2.75) is 27.2 Å². The Kier molecular flexibility index (Phi) is 4.08. The predicted molar refractivity (Wildman–Crippen MR) is 81.7 cm³/mol. The van der Waals surface area contributed by atoms with Crippen molar-refractivity contribution < 1.29 is 9.90 Å². The lowest BCUT2D eigenvalue weighted by Crippen LogP contribution is -2.04. The largest absolute Gasteiger partial charge is 0.481 e. The second-order valence-electron chi connectivity index (χ2n) is 5.16. The van der Waals surface area contributed by atoms with E-state index in [4.69, 9.17) is 5.11 Å². The molecule has 3 heteroatoms. The first-order chi connectivity index (χ1) is 9.45. The summed E-state index contributed by atoms with van der Waals surface area (Å²) in [6.45, 7) is 6.10. The van der Waals surface area contributed by atoms with E-state index in [-0.39, 0.29) is 6.42 Å². The van der Waals surface area contributed by atoms with Crippen molar-refractivity contribution in [3.8, 4) is 0 Å². The summed E-state index contributed by atoms with van der Waals surface area (Å²) in [5.74, 6) is -0.821. The van der Waals surface area contributed by atoms with Gasteiger partial charge in [0.05, 0.1) is 6.42 Å². The monoisotopic (exact) mass is 269 g/mol. The summed E-state index contributed by atoms with van der Waals surface area (Å²) < 4.78 is 0. The number of anilines is 2. The Hall–Kier alpha value is -2.29. The van der Waals surface area contributed by atoms with Gasteiger partial charge in [-0.1, -0.05) is 23.8 Å². The lowest BCUT2D eigenvalue weighted by molar-refractivity contribution is -0.136. The molecule has 20 heavy (non-hydrogen) atoms. The van der Waals surface area contributed by atoms with Crippen molar-refractivity contribution in [2.75, 3.05) is 5.32 Å². The Morgan fingerprint density at radius 2 is 1.80 bits per heavy atom. The molecular formula is C17H19NO2. The lowest BCUT2D eigenvalue weighted by Gasteiger charge is -2.13. The highest BCUT2D eigenvalue weighted by Crippen LogP contribution is 2.24. The van der Waals surface area contributed by atoms with E-state index in [0.29, 0.717) is 0 Å². The first-order valence-electron chi connectivity index (χ1n) is 6.61. The minimum Gasteiger partial charge on any atom is -0.481 e. The van der Waals surface area contributed by atoms with Crippen molar-refractivity contribution in [1.82, 2.24) is 0 Å². The third-order valence-electron chi connectivity index (χ3n) is 3.39. The third kappa shape index (κ3) is 3.38. The van der Waals surface area contributed by atoms with Gasteiger partial charge in [-0.15, -0.1) is 0 Å². The molecule has 2 N–H and O–H groups in total. The van der Waals surface area contributed by atoms with E-state index in [0.717, 1.165) is 22.5 Å². The van der Waals surface area contributed by atoms with Crippen LogP contribution in [0.4, 0.5) is 11.4 Å². The van der Waals surface area contributed by atoms with Gasteiger partial charge in [-0.05, 0) is 55.7 Å². The predicted octanol–water partition coefficient (Wildman–Crippen LogP) is 3.98. The fourth-order valence-electron chi connectivity index (χ4n) is 2.13. The van der Waals surface area contributed by atoms with E-state index < -0.39 is 5.97 Å². The molecule has 0 bridgehead atoms. The minimum atomic E-state index is -0.821. The average Bonchev–Trinajstić information content (AvgIpc) is 2.36. The molecule has 0 radical (unpaired) electrons. The molecule has 0 saturated carbocycles. The van der Waals surface area contributed by atoms with E-state index in [2.05, 4.69) is 31.3 Å². The highest BCUT2D eigenvalue weighted by molar-refractivity contribution is 5.75. The SMILES string of the molecule is Cc1ccc(Nc2ccc(C)c(C)c2)c(CC(=O)O)c1. The minimum absolute atomic E-state index is 0.0227. The van der Waals surface area contributed by atoms with E-state index in [9.17, 15) is 4.79 Å². The molecule has 0 fully saturated rings. The van der Waals surface area contributed by atoms with Crippen LogP contribution in [0, 0.1) is 20.8 Å². The molecule has 2 aromatic rings. The number of nitrogens with one attached hydrogen (secondary N) is 1. The molecule has 2 rings (SSSR count). The second kappa shape index (κ2) is 5.78. The van der Waals surface area contributed by atoms with Crippen molar-refractivity contribution >= 4 is 17.3 Å². The summed E-state index contributed by atoms with van der Waals surface area (Å²) in [5, 5.41) is 12.3. The average molecular weight is 269 g/mol. The molecule has 0 amide bonds. The number of benzene rings is 2. The van der Waals surface area contributed by atoms with Crippen LogP contribution in [0.5, 0.6) is 0 Å². The maximum atomic E-state index is 11.0. The maximum Gasteiger partial charge on any atom is 0.307 e. The van der Waals surface area contributed by atoms with Crippen molar-refractivity contribution in [2.24, 2.45) is 0 Å². The topological polar surface area (TPSA) is 49.3 Å². The van der Waals surface area contributed by atoms with Gasteiger partial charge in [-0.2, -0.15) is 0 Å². The first kappa shape index (κ1) is 14.1. The fourth-order valence-corrected chi connectivity index (χ4v) is 2.13. The summed E-state index contributed by atoms with van der Waals surface area (Å²) in [7, 11) is 0. The Bertz CT molecular complexity index is 647. The van der Waals surface area contributed by atoms with Gasteiger partial charge in [0.25, 0.3) is 0 Å². The lowest BCUT2D eigenvalue weighted by atomic mass is 10.1. The summed E-state index contributed by atoms with van der Waals surface area (Å²) in [6.07, 6.45) is 0.0227. The molecule has 0 unspecified atom stereocenters. The molecule has 0 aliphatic carbocycles. The highest BCUT2D eigenvalue weighted by Gasteiger charge is 2.08. The normalized spacial score (nSPS) is 10.3. The van der Waals surface area contributed by atoms with Crippen LogP contribution in [0.2, 0.25) is 0 Å². The van der Waals surface area contributed by atoms with Gasteiger partial charge in [-0.25, -0.2) is 0 Å². The number of carbonyl (C=O) groups is 1. The summed E-state index contributed by atoms with van der Waals surface area (Å²) in [4.78, 5) is 11.0. The molecular weight excluding hydrogens is 250 g/mol. The van der Waals surface area contributed by atoms with Gasteiger partial charge in [0.1, 0.15) is 0 Å². The molecule has 0 saturated heterocycles. The Morgan fingerprint density at radius 1 is 1.05 bits per heavy atom. The van der Waals surface area contributed by atoms with Crippen LogP contribution >= 0.6 is 0 Å². The van der Waals surface area contributed by atoms with Gasteiger partial charge in [0, 0.05) is 11.4 Å². The number of rotatable bonds is 4. The van der Waals surface area contributed by atoms with Crippen LogP contribution in [-0.4, -0.2) is 11.1 Å². The van der Waals surface area contributed by atoms with Crippen LogP contribution < -0.4 is 5.32 Å². The molecule has 2 aromatic carbocycles. The fraction of sp³-hybridized carbons (Fsp3) is 0.235. The molecule has 0 spiro atoms. The molecule has 0 aromatic heterocycles. The van der Waals surface area contributed by atoms with Gasteiger partial charge in [0.15, 0.2) is 0 Å². The number of aryl methyl sites for hydroxylation is 3. The van der Waals surface area contributed by atoms with Crippen LogP contribution in [-0.2, 0) is 11.2 Å². The van der Waals surface area contributed by atoms with Gasteiger partial charge in [-0.3, -0.25) is 4.79 Å². The van der Waals surface area contributed by atoms with E-state index in [1.807, 2.05) is 31.2 Å². The van der Waals surface area contributed by atoms with Crippen molar-refractivity contribution in [1.29, 1.82) is 0 Å². The first-order valence-corrected chi connectivity index (χ1v) is 6.61. The quantitative estimate of drug-likeness (QED) is 0.882. The van der Waals surface area contributed by atoms with Crippen LogP contribution in [0.1, 0.15) is 22.3 Å². The number of hydrogen-bond donors (Lipinski definition) is 2. The standard InChI is InChI=1S/C17H19NO2/c1-11-4-7-16(14(8-11)10-17(19)20)18-15-6-5-12(2)13(3)9-15/h4-9,18H,10H2,1-3H3,(H,19,20). The number of hydrogen-bond acceptors (Lipinski definition) is 2. The van der Waals surface area contributed by atoms with Crippen LogP contribution in [0.15, 0.2) is 36.4 Å². The number of aliphatic carboxylic acids is 1. The van der Waals surface area contributed by atoms with Crippen LogP contribution in [0.25, 0.3) is 0 Å². The summed E-state index contributed by atoms with van der Waals surface area (Å²) in [6, 6.07) is 12.0. The summed E-state index contributed by atoms with van der Waals surface area (Å²) in [5.41, 5.74) is 6.14. The Labute approximate surface area is 119 Å². The van der Waals surface area contributed by atoms with Crippen molar-refractivity contribution in [3.63, 3.8) is 0 Å². The second-order valence-corrected chi connectivity index (χ2v) is 5.16. The zero-order chi connectivity index (χ0) is 14.7. The Balaban J connectivity index is 2.32. The van der Waals surface area contributed by atoms with Gasteiger partial charge in [0.2, 0.25) is 0 Å². The summed E-state index contributed by atoms with van der Waals surface area (Å²) >= 11 is 0. The zero-order valence-corrected chi connectivity index (χ0v) is 12.0. The molecule has 3 nitrogen and oxygen atoms in total. The molecule has 0 aliphatic rings. The smallest absolute Gasteiger partial charge is 0.307 e. The molecule has 0 atom stereocenters. The number of carboxylic acid groups (broad SMARTS) is 1. The third-order valence-corrected chi connectivity index (χ3v) is 3.39. The zero-order valence-electron chi connectivity index (χ0n) is 12.0. The highest BCUT2D eigenvalue weighted by atomic mass is 16.4. The van der Waals surface area contributed by atoms with Gasteiger partial charge < -0.3 is 10.4 Å². The molecule has 104 valence electrons. The van der Waals surface area contributed by atoms with Gasteiger partial charge >= 0.3 is 5.97 Å². The van der Waals surface area contributed by atoms with E-state index in [1.54, 1.807) is 0 Å². The number of carboxylic acids is 1. The van der Waals surface area contributed by atoms with E-state index in [1.165, 1.54) is 11.1 Å².